The molecule has 0 bridgehead atoms. The molecule has 0 aromatic rings. The summed E-state index contributed by atoms with van der Waals surface area (Å²) in [5.74, 6) is -0.0509. The Kier molecular flexibility index (Phi) is 2.68. The Balaban J connectivity index is 2.63. The third-order valence-corrected chi connectivity index (χ3v) is 5.14. The van der Waals surface area contributed by atoms with Crippen molar-refractivity contribution in [2.24, 2.45) is 16.7 Å². The summed E-state index contributed by atoms with van der Waals surface area (Å²) >= 11 is 0. The van der Waals surface area contributed by atoms with E-state index in [-0.39, 0.29) is 11.2 Å². The standard InChI is InChI=1S/C14H20O3/c1-9-5-6-11(15)14(12(16)17-4)10(2)7-8-13(9,14)3/h9H,2,5-8H2,1,3-4H3/t9-,13+,14-/m1/s1. The summed E-state index contributed by atoms with van der Waals surface area (Å²) in [5.41, 5.74) is -0.630. The quantitative estimate of drug-likeness (QED) is 0.399. The predicted octanol–water partition coefficient (Wildman–Crippen LogP) is 2.50. The monoisotopic (exact) mass is 236 g/mol. The summed E-state index contributed by atoms with van der Waals surface area (Å²) in [6.07, 6.45) is 2.93. The summed E-state index contributed by atoms with van der Waals surface area (Å²) in [6, 6.07) is 0. The lowest BCUT2D eigenvalue weighted by molar-refractivity contribution is -0.167. The molecule has 0 aromatic heterocycles. The summed E-state index contributed by atoms with van der Waals surface area (Å²) in [6.45, 7) is 8.16. The smallest absolute Gasteiger partial charge is 0.324 e. The van der Waals surface area contributed by atoms with Gasteiger partial charge in [-0.05, 0) is 30.6 Å². The van der Waals surface area contributed by atoms with Gasteiger partial charge in [-0.25, -0.2) is 0 Å². The molecule has 17 heavy (non-hydrogen) atoms. The fourth-order valence-electron chi connectivity index (χ4n) is 3.82. The molecule has 0 amide bonds. The highest BCUT2D eigenvalue weighted by atomic mass is 16.5. The van der Waals surface area contributed by atoms with Crippen molar-refractivity contribution >= 4 is 11.8 Å². The predicted molar refractivity (Wildman–Crippen MR) is 64.3 cm³/mol. The molecule has 2 aliphatic rings. The van der Waals surface area contributed by atoms with Gasteiger partial charge in [0.15, 0.2) is 11.2 Å². The Morgan fingerprint density at radius 2 is 2.12 bits per heavy atom. The van der Waals surface area contributed by atoms with Crippen LogP contribution >= 0.6 is 0 Å². The maximum atomic E-state index is 12.4. The van der Waals surface area contributed by atoms with Crippen LogP contribution in [0.15, 0.2) is 12.2 Å². The molecular formula is C14H20O3. The van der Waals surface area contributed by atoms with E-state index in [9.17, 15) is 9.59 Å². The Labute approximate surface area is 102 Å². The molecule has 0 aromatic carbocycles. The van der Waals surface area contributed by atoms with Crippen molar-refractivity contribution < 1.29 is 14.3 Å². The van der Waals surface area contributed by atoms with Crippen molar-refractivity contribution in [1.82, 2.24) is 0 Å². The van der Waals surface area contributed by atoms with E-state index in [0.29, 0.717) is 12.3 Å². The van der Waals surface area contributed by atoms with Crippen molar-refractivity contribution in [2.75, 3.05) is 7.11 Å². The number of hydrogen-bond donors (Lipinski definition) is 0. The Bertz CT molecular complexity index is 388. The van der Waals surface area contributed by atoms with Crippen LogP contribution in [0.2, 0.25) is 0 Å². The zero-order valence-corrected chi connectivity index (χ0v) is 10.8. The highest BCUT2D eigenvalue weighted by molar-refractivity contribution is 6.09. The van der Waals surface area contributed by atoms with E-state index in [1.54, 1.807) is 0 Å². The molecule has 3 heteroatoms. The molecule has 0 heterocycles. The maximum absolute atomic E-state index is 12.4. The average molecular weight is 236 g/mol. The van der Waals surface area contributed by atoms with Gasteiger partial charge in [-0.1, -0.05) is 26.0 Å². The summed E-state index contributed by atoms with van der Waals surface area (Å²) in [4.78, 5) is 24.6. The van der Waals surface area contributed by atoms with Gasteiger partial charge in [0.05, 0.1) is 7.11 Å². The summed E-state index contributed by atoms with van der Waals surface area (Å²) in [5, 5.41) is 0. The van der Waals surface area contributed by atoms with Crippen molar-refractivity contribution in [1.29, 1.82) is 0 Å². The Morgan fingerprint density at radius 1 is 1.47 bits per heavy atom. The first-order valence-corrected chi connectivity index (χ1v) is 6.21. The average Bonchev–Trinajstić information content (AvgIpc) is 2.59. The van der Waals surface area contributed by atoms with E-state index < -0.39 is 11.4 Å². The zero-order chi connectivity index (χ0) is 12.8. The lowest BCUT2D eigenvalue weighted by atomic mass is 9.53. The number of fused-ring (bicyclic) bond motifs is 1. The molecular weight excluding hydrogens is 216 g/mol. The molecule has 0 spiro atoms. The number of ketones is 1. The van der Waals surface area contributed by atoms with Crippen LogP contribution in [0.4, 0.5) is 0 Å². The second-order valence-corrected chi connectivity index (χ2v) is 5.63. The SMILES string of the molecule is C=C1CC[C@@]2(C)[C@H](C)CCC(=O)[C@@]12C(=O)OC. The van der Waals surface area contributed by atoms with E-state index in [0.717, 1.165) is 24.8 Å². The second kappa shape index (κ2) is 3.69. The molecule has 94 valence electrons. The van der Waals surface area contributed by atoms with E-state index in [1.165, 1.54) is 7.11 Å². The van der Waals surface area contributed by atoms with Gasteiger partial charge in [-0.15, -0.1) is 0 Å². The normalized spacial score (nSPS) is 41.2. The molecule has 2 fully saturated rings. The van der Waals surface area contributed by atoms with E-state index in [4.69, 9.17) is 4.74 Å². The molecule has 0 radical (unpaired) electrons. The van der Waals surface area contributed by atoms with Gasteiger partial charge in [0.25, 0.3) is 0 Å². The Hall–Kier alpha value is -1.12. The van der Waals surface area contributed by atoms with Crippen LogP contribution in [0.1, 0.15) is 39.5 Å². The number of esters is 1. The number of carbonyl (C=O) groups excluding carboxylic acids is 2. The molecule has 0 N–H and O–H groups in total. The molecule has 0 aliphatic heterocycles. The molecule has 3 nitrogen and oxygen atoms in total. The molecule has 0 saturated heterocycles. The molecule has 0 unspecified atom stereocenters. The summed E-state index contributed by atoms with van der Waals surface area (Å²) < 4.78 is 4.93. The maximum Gasteiger partial charge on any atom is 0.324 e. The second-order valence-electron chi connectivity index (χ2n) is 5.63. The lowest BCUT2D eigenvalue weighted by Gasteiger charge is -2.48. The van der Waals surface area contributed by atoms with Crippen LogP contribution < -0.4 is 0 Å². The topological polar surface area (TPSA) is 43.4 Å². The van der Waals surface area contributed by atoms with Crippen LogP contribution in [0.5, 0.6) is 0 Å². The number of carbonyl (C=O) groups is 2. The van der Waals surface area contributed by atoms with Gasteiger partial charge in [0, 0.05) is 6.42 Å². The molecule has 2 aliphatic carbocycles. The van der Waals surface area contributed by atoms with Crippen molar-refractivity contribution in [2.45, 2.75) is 39.5 Å². The van der Waals surface area contributed by atoms with Gasteiger partial charge in [0.1, 0.15) is 0 Å². The molecule has 2 rings (SSSR count). The fourth-order valence-corrected chi connectivity index (χ4v) is 3.82. The van der Waals surface area contributed by atoms with Gasteiger partial charge < -0.3 is 4.74 Å². The fraction of sp³-hybridized carbons (Fsp3) is 0.714. The van der Waals surface area contributed by atoms with Crippen molar-refractivity contribution in [3.05, 3.63) is 12.2 Å². The highest BCUT2D eigenvalue weighted by Crippen LogP contribution is 2.63. The highest BCUT2D eigenvalue weighted by Gasteiger charge is 2.67. The van der Waals surface area contributed by atoms with E-state index in [2.05, 4.69) is 13.5 Å². The first-order valence-electron chi connectivity index (χ1n) is 6.21. The zero-order valence-electron chi connectivity index (χ0n) is 10.8. The minimum atomic E-state index is -1.07. The third-order valence-electron chi connectivity index (χ3n) is 5.14. The molecule has 2 saturated carbocycles. The number of Topliss-reactive ketones (excluding diaryl/α,β-unsaturated/α-hetero) is 1. The van der Waals surface area contributed by atoms with Crippen molar-refractivity contribution in [3.63, 3.8) is 0 Å². The first-order chi connectivity index (χ1) is 7.91. The third kappa shape index (κ3) is 1.23. The number of rotatable bonds is 1. The van der Waals surface area contributed by atoms with E-state index >= 15 is 0 Å². The Morgan fingerprint density at radius 3 is 2.71 bits per heavy atom. The van der Waals surface area contributed by atoms with Gasteiger partial charge in [-0.3, -0.25) is 9.59 Å². The molecule has 3 atom stereocenters. The minimum Gasteiger partial charge on any atom is -0.468 e. The van der Waals surface area contributed by atoms with Crippen LogP contribution in [0.3, 0.4) is 0 Å². The van der Waals surface area contributed by atoms with E-state index in [1.807, 2.05) is 6.92 Å². The van der Waals surface area contributed by atoms with Crippen LogP contribution in [-0.4, -0.2) is 18.9 Å². The minimum absolute atomic E-state index is 0.00690. The number of hydrogen-bond acceptors (Lipinski definition) is 3. The van der Waals surface area contributed by atoms with Crippen LogP contribution in [-0.2, 0) is 14.3 Å². The van der Waals surface area contributed by atoms with Crippen LogP contribution in [0, 0.1) is 16.7 Å². The van der Waals surface area contributed by atoms with Gasteiger partial charge >= 0.3 is 5.97 Å². The largest absolute Gasteiger partial charge is 0.468 e. The van der Waals surface area contributed by atoms with Crippen molar-refractivity contribution in [3.8, 4) is 0 Å². The lowest BCUT2D eigenvalue weighted by Crippen LogP contribution is -2.55. The van der Waals surface area contributed by atoms with Crippen LogP contribution in [0.25, 0.3) is 0 Å². The number of methoxy groups -OCH3 is 1. The first kappa shape index (κ1) is 12.3. The number of ether oxygens (including phenoxy) is 1. The summed E-state index contributed by atoms with van der Waals surface area (Å²) in [7, 11) is 1.36. The van der Waals surface area contributed by atoms with Gasteiger partial charge in [0.2, 0.25) is 0 Å². The van der Waals surface area contributed by atoms with Gasteiger partial charge in [-0.2, -0.15) is 0 Å².